The minimum atomic E-state index is -0.201. The Balaban J connectivity index is 0.00000192. The summed E-state index contributed by atoms with van der Waals surface area (Å²) in [5.74, 6) is 0.106. The van der Waals surface area contributed by atoms with Crippen LogP contribution in [0.15, 0.2) is 52.3 Å². The summed E-state index contributed by atoms with van der Waals surface area (Å²) < 4.78 is 0. The van der Waals surface area contributed by atoms with Crippen LogP contribution in [-0.4, -0.2) is 35.7 Å². The highest BCUT2D eigenvalue weighted by atomic mass is 35.5. The van der Waals surface area contributed by atoms with Gasteiger partial charge in [-0.15, -0.1) is 0 Å². The van der Waals surface area contributed by atoms with Crippen molar-refractivity contribution >= 4 is 40.6 Å². The molecule has 0 aliphatic carbocycles. The monoisotopic (exact) mass is 436 g/mol. The molecule has 1 amide bonds. The van der Waals surface area contributed by atoms with Crippen LogP contribution in [0.4, 0.5) is 11.4 Å². The van der Waals surface area contributed by atoms with E-state index in [9.17, 15) is 9.90 Å². The van der Waals surface area contributed by atoms with Gasteiger partial charge in [-0.1, -0.05) is 35.5 Å². The van der Waals surface area contributed by atoms with Gasteiger partial charge in [-0.3, -0.25) is 9.69 Å². The zero-order valence-corrected chi connectivity index (χ0v) is 17.6. The number of halogens is 2. The van der Waals surface area contributed by atoms with Crippen molar-refractivity contribution in [3.8, 4) is 0 Å². The molecular formula is C21H22Cl2N2O2S. The minimum absolute atomic E-state index is 0. The number of amides is 1. The van der Waals surface area contributed by atoms with E-state index in [4.69, 9.17) is 11.6 Å². The molecule has 0 saturated carbocycles. The van der Waals surface area contributed by atoms with Crippen molar-refractivity contribution < 1.29 is 27.2 Å². The van der Waals surface area contributed by atoms with Crippen LogP contribution in [0, 0.1) is 0 Å². The number of hydrogen-bond donors (Lipinski definition) is 2. The average molecular weight is 437 g/mol. The number of para-hydroxylation sites is 1. The highest BCUT2D eigenvalue weighted by molar-refractivity contribution is 7.99. The Bertz CT molecular complexity index is 896. The minimum Gasteiger partial charge on any atom is -1.00 e. The van der Waals surface area contributed by atoms with E-state index >= 15 is 0 Å². The second-order valence-corrected chi connectivity index (χ2v) is 9.28. The Hall–Kier alpha value is -1.24. The van der Waals surface area contributed by atoms with Crippen LogP contribution in [0.3, 0.4) is 0 Å². The second-order valence-electron chi connectivity index (χ2n) is 7.76. The zero-order chi connectivity index (χ0) is 18.5. The average Bonchev–Trinajstić information content (AvgIpc) is 2.89. The first kappa shape index (κ1) is 20.0. The first-order valence-electron chi connectivity index (χ1n) is 9.53. The number of hydrogen-bond acceptors (Lipinski definition) is 3. The van der Waals surface area contributed by atoms with E-state index in [1.807, 2.05) is 41.3 Å². The molecule has 2 fully saturated rings. The SMILES string of the molecule is O=C(C[NH+]1C2CCC1CC(O)C2)N1c2ccccc2Sc2ccc(Cl)cc21.[Cl-]. The summed E-state index contributed by atoms with van der Waals surface area (Å²) in [5, 5.41) is 10.7. The maximum absolute atomic E-state index is 13.5. The summed E-state index contributed by atoms with van der Waals surface area (Å²) in [6.07, 6.45) is 3.65. The number of fused-ring (bicyclic) bond motifs is 4. The highest BCUT2D eigenvalue weighted by Crippen LogP contribution is 2.48. The number of quaternary nitrogens is 1. The molecule has 2 aromatic carbocycles. The summed E-state index contributed by atoms with van der Waals surface area (Å²) >= 11 is 7.94. The van der Waals surface area contributed by atoms with E-state index in [1.165, 1.54) is 4.90 Å². The number of nitrogens with zero attached hydrogens (tertiary/aromatic N) is 1. The Kier molecular flexibility index (Phi) is 5.64. The van der Waals surface area contributed by atoms with Crippen LogP contribution in [-0.2, 0) is 4.79 Å². The second kappa shape index (κ2) is 7.88. The molecular weight excluding hydrogens is 415 g/mol. The van der Waals surface area contributed by atoms with Gasteiger partial charge in [-0.05, 0) is 30.3 Å². The van der Waals surface area contributed by atoms with Crippen LogP contribution in [0.2, 0.25) is 5.02 Å². The number of aliphatic hydroxyl groups excluding tert-OH is 1. The molecule has 0 spiro atoms. The first-order chi connectivity index (χ1) is 13.1. The van der Waals surface area contributed by atoms with E-state index < -0.39 is 0 Å². The van der Waals surface area contributed by atoms with Crippen molar-refractivity contribution in [2.45, 2.75) is 53.7 Å². The third kappa shape index (κ3) is 3.44. The third-order valence-corrected chi connectivity index (χ3v) is 7.48. The van der Waals surface area contributed by atoms with Crippen molar-refractivity contribution in [2.24, 2.45) is 0 Å². The Morgan fingerprint density at radius 3 is 2.54 bits per heavy atom. The molecule has 5 rings (SSSR count). The number of piperidine rings is 1. The molecule has 3 aliphatic heterocycles. The smallest absolute Gasteiger partial charge is 0.286 e. The number of carbonyl (C=O) groups excluding carboxylic acids is 1. The summed E-state index contributed by atoms with van der Waals surface area (Å²) in [6.45, 7) is 0.465. The standard InChI is InChI=1S/C21H21ClN2O2S.ClH/c22-13-5-8-20-18(9-13)24(17-3-1-2-4-19(17)27-20)21(26)12-23-14-6-7-15(23)11-16(25)10-14;/h1-5,8-9,14-16,25H,6-7,10-12H2;1H. The van der Waals surface area contributed by atoms with Gasteiger partial charge in [0.25, 0.3) is 5.91 Å². The van der Waals surface area contributed by atoms with Crippen molar-refractivity contribution in [3.05, 3.63) is 47.5 Å². The molecule has 28 heavy (non-hydrogen) atoms. The lowest BCUT2D eigenvalue weighted by Gasteiger charge is -2.36. The predicted molar refractivity (Wildman–Crippen MR) is 107 cm³/mol. The van der Waals surface area contributed by atoms with Gasteiger partial charge in [0.15, 0.2) is 6.54 Å². The summed E-state index contributed by atoms with van der Waals surface area (Å²) in [7, 11) is 0. The van der Waals surface area contributed by atoms with Crippen molar-refractivity contribution in [1.82, 2.24) is 0 Å². The molecule has 3 heterocycles. The topological polar surface area (TPSA) is 45.0 Å². The molecule has 2 N–H and O–H groups in total. The van der Waals surface area contributed by atoms with E-state index in [0.29, 0.717) is 23.7 Å². The fraction of sp³-hybridized carbons (Fsp3) is 0.381. The maximum Gasteiger partial charge on any atom is 0.286 e. The van der Waals surface area contributed by atoms with Gasteiger partial charge in [-0.25, -0.2) is 0 Å². The summed E-state index contributed by atoms with van der Waals surface area (Å²) in [5.41, 5.74) is 1.81. The molecule has 2 unspecified atom stereocenters. The molecule has 7 heteroatoms. The predicted octanol–water partition coefficient (Wildman–Crippen LogP) is 0.0439. The van der Waals surface area contributed by atoms with Crippen molar-refractivity contribution in [1.29, 1.82) is 0 Å². The van der Waals surface area contributed by atoms with Gasteiger partial charge in [0.1, 0.15) is 0 Å². The third-order valence-electron chi connectivity index (χ3n) is 6.12. The van der Waals surface area contributed by atoms with Crippen LogP contribution in [0.5, 0.6) is 0 Å². The number of carbonyl (C=O) groups is 1. The van der Waals surface area contributed by atoms with Crippen molar-refractivity contribution in [3.63, 3.8) is 0 Å². The van der Waals surface area contributed by atoms with Crippen molar-refractivity contribution in [2.75, 3.05) is 11.4 Å². The largest absolute Gasteiger partial charge is 1.00 e. The van der Waals surface area contributed by atoms with Crippen LogP contribution in [0.1, 0.15) is 25.7 Å². The van der Waals surface area contributed by atoms with Gasteiger partial charge in [0.2, 0.25) is 0 Å². The Labute approximate surface area is 180 Å². The number of benzene rings is 2. The molecule has 2 aromatic rings. The molecule has 2 saturated heterocycles. The summed E-state index contributed by atoms with van der Waals surface area (Å²) in [4.78, 5) is 18.8. The fourth-order valence-corrected chi connectivity index (χ4v) is 6.14. The van der Waals surface area contributed by atoms with Crippen LogP contribution < -0.4 is 22.2 Å². The first-order valence-corrected chi connectivity index (χ1v) is 10.7. The van der Waals surface area contributed by atoms with E-state index in [2.05, 4.69) is 6.07 Å². The molecule has 3 aliphatic rings. The van der Waals surface area contributed by atoms with Gasteiger partial charge in [0, 0.05) is 40.5 Å². The quantitative estimate of drug-likeness (QED) is 0.698. The molecule has 148 valence electrons. The van der Waals surface area contributed by atoms with Gasteiger partial charge in [0.05, 0.1) is 29.6 Å². The lowest BCUT2D eigenvalue weighted by molar-refractivity contribution is -0.934. The van der Waals surface area contributed by atoms with Crippen LogP contribution >= 0.6 is 23.4 Å². The molecule has 4 nitrogen and oxygen atoms in total. The Morgan fingerprint density at radius 1 is 1.11 bits per heavy atom. The Morgan fingerprint density at radius 2 is 1.79 bits per heavy atom. The molecule has 0 aromatic heterocycles. The van der Waals surface area contributed by atoms with E-state index in [1.54, 1.807) is 11.8 Å². The zero-order valence-electron chi connectivity index (χ0n) is 15.3. The number of aliphatic hydroxyl groups is 1. The van der Waals surface area contributed by atoms with Gasteiger partial charge >= 0.3 is 0 Å². The number of rotatable bonds is 2. The highest BCUT2D eigenvalue weighted by Gasteiger charge is 2.45. The fourth-order valence-electron chi connectivity index (χ4n) is 4.94. The van der Waals surface area contributed by atoms with E-state index in [0.717, 1.165) is 46.8 Å². The lowest BCUT2D eigenvalue weighted by atomic mass is 10.00. The van der Waals surface area contributed by atoms with Gasteiger partial charge in [-0.2, -0.15) is 0 Å². The van der Waals surface area contributed by atoms with Gasteiger partial charge < -0.3 is 22.4 Å². The molecule has 2 bridgehead atoms. The molecule has 2 atom stereocenters. The number of anilines is 2. The van der Waals surface area contributed by atoms with E-state index in [-0.39, 0.29) is 24.4 Å². The van der Waals surface area contributed by atoms with Crippen LogP contribution in [0.25, 0.3) is 0 Å². The number of nitrogens with one attached hydrogen (secondary N) is 1. The summed E-state index contributed by atoms with van der Waals surface area (Å²) in [6, 6.07) is 14.6. The maximum atomic E-state index is 13.5. The molecule has 0 radical (unpaired) electrons. The normalized spacial score (nSPS) is 27.6. The lowest BCUT2D eigenvalue weighted by Crippen LogP contribution is -3.19.